The highest BCUT2D eigenvalue weighted by Crippen LogP contribution is 2.24. The number of rotatable bonds is 6. The number of carbonyl (C=O) groups excluding carboxylic acids is 2. The summed E-state index contributed by atoms with van der Waals surface area (Å²) in [6.45, 7) is 10.0. The van der Waals surface area contributed by atoms with E-state index >= 15 is 0 Å². The van der Waals surface area contributed by atoms with Crippen LogP contribution in [-0.4, -0.2) is 46.8 Å². The van der Waals surface area contributed by atoms with Crippen molar-refractivity contribution in [3.8, 4) is 0 Å². The molecule has 1 heterocycles. The second-order valence-electron chi connectivity index (χ2n) is 6.30. The predicted molar refractivity (Wildman–Crippen MR) is 84.7 cm³/mol. The topological polar surface area (TPSA) is 49.4 Å². The van der Waals surface area contributed by atoms with Crippen molar-refractivity contribution in [3.63, 3.8) is 0 Å². The second-order valence-corrected chi connectivity index (χ2v) is 7.28. The number of hydrogen-bond acceptors (Lipinski definition) is 3. The van der Waals surface area contributed by atoms with Crippen molar-refractivity contribution in [3.05, 3.63) is 0 Å². The van der Waals surface area contributed by atoms with Crippen LogP contribution < -0.4 is 5.32 Å². The van der Waals surface area contributed by atoms with Crippen LogP contribution in [0.25, 0.3) is 0 Å². The average Bonchev–Trinajstić information content (AvgIpc) is 2.36. The molecule has 0 saturated carbocycles. The summed E-state index contributed by atoms with van der Waals surface area (Å²) in [4.78, 5) is 26.9. The highest BCUT2D eigenvalue weighted by atomic mass is 32.2. The first kappa shape index (κ1) is 17.3. The molecule has 2 amide bonds. The Morgan fingerprint density at radius 2 is 1.75 bits per heavy atom. The zero-order chi connectivity index (χ0) is 15.4. The molecule has 116 valence electrons. The zero-order valence-electron chi connectivity index (χ0n) is 13.5. The van der Waals surface area contributed by atoms with Gasteiger partial charge in [0.1, 0.15) is 12.1 Å². The minimum atomic E-state index is -0.380. The molecule has 3 unspecified atom stereocenters. The van der Waals surface area contributed by atoms with Crippen LogP contribution in [0.2, 0.25) is 0 Å². The van der Waals surface area contributed by atoms with Gasteiger partial charge in [0.25, 0.3) is 0 Å². The van der Waals surface area contributed by atoms with Gasteiger partial charge in [0.2, 0.25) is 11.8 Å². The van der Waals surface area contributed by atoms with E-state index in [0.29, 0.717) is 0 Å². The molecule has 0 aliphatic carbocycles. The molecule has 0 aromatic carbocycles. The molecule has 1 aliphatic heterocycles. The van der Waals surface area contributed by atoms with Crippen molar-refractivity contribution < 1.29 is 9.59 Å². The molecular weight excluding hydrogens is 272 g/mol. The van der Waals surface area contributed by atoms with Crippen molar-refractivity contribution in [2.75, 3.05) is 12.0 Å². The van der Waals surface area contributed by atoms with Gasteiger partial charge in [-0.15, -0.1) is 0 Å². The van der Waals surface area contributed by atoms with E-state index in [2.05, 4.69) is 18.5 Å². The highest BCUT2D eigenvalue weighted by molar-refractivity contribution is 7.98. The monoisotopic (exact) mass is 300 g/mol. The molecule has 5 heteroatoms. The lowest BCUT2D eigenvalue weighted by molar-refractivity contribution is -0.155. The van der Waals surface area contributed by atoms with Gasteiger partial charge in [-0.2, -0.15) is 11.8 Å². The molecule has 1 rings (SSSR count). The summed E-state index contributed by atoms with van der Waals surface area (Å²) in [5, 5.41) is 2.90. The first-order chi connectivity index (χ1) is 9.31. The van der Waals surface area contributed by atoms with Gasteiger partial charge in [0.05, 0.1) is 0 Å². The lowest BCUT2D eigenvalue weighted by Crippen LogP contribution is -2.67. The van der Waals surface area contributed by atoms with E-state index in [9.17, 15) is 9.59 Å². The van der Waals surface area contributed by atoms with Crippen molar-refractivity contribution in [2.45, 2.75) is 59.2 Å². The molecule has 1 N–H and O–H groups in total. The van der Waals surface area contributed by atoms with Gasteiger partial charge in [-0.05, 0) is 37.2 Å². The summed E-state index contributed by atoms with van der Waals surface area (Å²) < 4.78 is 0. The molecule has 20 heavy (non-hydrogen) atoms. The van der Waals surface area contributed by atoms with Crippen LogP contribution in [0, 0.1) is 11.8 Å². The van der Waals surface area contributed by atoms with Gasteiger partial charge in [-0.25, -0.2) is 0 Å². The number of nitrogens with one attached hydrogen (secondary N) is 1. The van der Waals surface area contributed by atoms with Crippen LogP contribution in [-0.2, 0) is 9.59 Å². The summed E-state index contributed by atoms with van der Waals surface area (Å²) in [6, 6.07) is -0.613. The summed E-state index contributed by atoms with van der Waals surface area (Å²) in [7, 11) is 0. The Morgan fingerprint density at radius 3 is 2.20 bits per heavy atom. The summed E-state index contributed by atoms with van der Waals surface area (Å²) in [6.07, 6.45) is 2.99. The molecule has 3 atom stereocenters. The molecule has 4 nitrogen and oxygen atoms in total. The predicted octanol–water partition coefficient (Wildman–Crippen LogP) is 2.14. The molecule has 0 bridgehead atoms. The fourth-order valence-electron chi connectivity index (χ4n) is 2.72. The quantitative estimate of drug-likeness (QED) is 0.817. The third-order valence-electron chi connectivity index (χ3n) is 3.90. The maximum absolute atomic E-state index is 12.7. The maximum Gasteiger partial charge on any atom is 0.246 e. The Morgan fingerprint density at radius 1 is 1.15 bits per heavy atom. The van der Waals surface area contributed by atoms with E-state index in [0.717, 1.165) is 12.2 Å². The minimum absolute atomic E-state index is 0.00528. The third kappa shape index (κ3) is 3.68. The van der Waals surface area contributed by atoms with Crippen molar-refractivity contribution in [1.82, 2.24) is 10.2 Å². The third-order valence-corrected chi connectivity index (χ3v) is 4.54. The largest absolute Gasteiger partial charge is 0.342 e. The Kier molecular flexibility index (Phi) is 6.37. The Bertz CT molecular complexity index is 358. The minimum Gasteiger partial charge on any atom is -0.342 e. The van der Waals surface area contributed by atoms with E-state index in [-0.39, 0.29) is 41.8 Å². The number of amides is 2. The standard InChI is InChI=1S/C15H28N2O2S/c1-9(2)12-15(19)17(11(5)7-8-20-6)13(10(3)4)14(18)16-12/h9-13H,7-8H2,1-6H3,(H,16,18). The van der Waals surface area contributed by atoms with Gasteiger partial charge in [-0.3, -0.25) is 9.59 Å². The van der Waals surface area contributed by atoms with Crippen LogP contribution in [0.5, 0.6) is 0 Å². The zero-order valence-corrected chi connectivity index (χ0v) is 14.3. The van der Waals surface area contributed by atoms with E-state index in [1.54, 1.807) is 11.8 Å². The number of carbonyl (C=O) groups is 2. The Hall–Kier alpha value is -0.710. The van der Waals surface area contributed by atoms with E-state index in [1.807, 2.05) is 32.6 Å². The average molecular weight is 300 g/mol. The molecule has 0 aromatic rings. The smallest absolute Gasteiger partial charge is 0.246 e. The normalized spacial score (nSPS) is 25.3. The lowest BCUT2D eigenvalue weighted by atomic mass is 9.91. The van der Waals surface area contributed by atoms with Gasteiger partial charge in [0.15, 0.2) is 0 Å². The summed E-state index contributed by atoms with van der Waals surface area (Å²) in [5.74, 6) is 1.32. The molecule has 0 radical (unpaired) electrons. The number of piperazine rings is 1. The molecular formula is C15H28N2O2S. The Balaban J connectivity index is 3.01. The van der Waals surface area contributed by atoms with Crippen molar-refractivity contribution >= 4 is 23.6 Å². The number of nitrogens with zero attached hydrogens (tertiary/aromatic N) is 1. The van der Waals surface area contributed by atoms with Crippen LogP contribution in [0.15, 0.2) is 0 Å². The highest BCUT2D eigenvalue weighted by Gasteiger charge is 2.44. The number of thioether (sulfide) groups is 1. The van der Waals surface area contributed by atoms with E-state index in [1.165, 1.54) is 0 Å². The van der Waals surface area contributed by atoms with Crippen LogP contribution in [0.1, 0.15) is 41.0 Å². The first-order valence-corrected chi connectivity index (χ1v) is 8.82. The van der Waals surface area contributed by atoms with Gasteiger partial charge < -0.3 is 10.2 Å². The van der Waals surface area contributed by atoms with E-state index < -0.39 is 0 Å². The molecule has 0 spiro atoms. The fraction of sp³-hybridized carbons (Fsp3) is 0.867. The van der Waals surface area contributed by atoms with Crippen LogP contribution in [0.3, 0.4) is 0 Å². The molecule has 1 fully saturated rings. The van der Waals surface area contributed by atoms with Gasteiger partial charge >= 0.3 is 0 Å². The SMILES string of the molecule is CSCCC(C)N1C(=O)C(C(C)C)NC(=O)C1C(C)C. The van der Waals surface area contributed by atoms with Crippen molar-refractivity contribution in [2.24, 2.45) is 11.8 Å². The first-order valence-electron chi connectivity index (χ1n) is 7.42. The molecule has 1 saturated heterocycles. The lowest BCUT2D eigenvalue weighted by Gasteiger charge is -2.45. The summed E-state index contributed by atoms with van der Waals surface area (Å²) >= 11 is 1.77. The van der Waals surface area contributed by atoms with E-state index in [4.69, 9.17) is 0 Å². The molecule has 0 aromatic heterocycles. The van der Waals surface area contributed by atoms with Crippen molar-refractivity contribution in [1.29, 1.82) is 0 Å². The number of hydrogen-bond donors (Lipinski definition) is 1. The van der Waals surface area contributed by atoms with Crippen LogP contribution >= 0.6 is 11.8 Å². The maximum atomic E-state index is 12.7. The Labute approximate surface area is 127 Å². The second kappa shape index (κ2) is 7.34. The fourth-order valence-corrected chi connectivity index (χ4v) is 3.30. The van der Waals surface area contributed by atoms with Gasteiger partial charge in [0, 0.05) is 6.04 Å². The van der Waals surface area contributed by atoms with Gasteiger partial charge in [-0.1, -0.05) is 27.7 Å². The summed E-state index contributed by atoms with van der Waals surface area (Å²) in [5.41, 5.74) is 0. The van der Waals surface area contributed by atoms with Crippen LogP contribution in [0.4, 0.5) is 0 Å². The molecule has 1 aliphatic rings.